The van der Waals surface area contributed by atoms with E-state index in [-0.39, 0.29) is 11.8 Å². The van der Waals surface area contributed by atoms with Gasteiger partial charge in [-0.15, -0.1) is 0 Å². The highest BCUT2D eigenvalue weighted by atomic mass is 19.4. The van der Waals surface area contributed by atoms with E-state index in [0.717, 1.165) is 75.7 Å². The molecule has 0 bridgehead atoms. The zero-order chi connectivity index (χ0) is 22.0. The number of nitrogens with zero attached hydrogens (tertiary/aromatic N) is 2. The summed E-state index contributed by atoms with van der Waals surface area (Å²) in [5.74, 6) is 1.69. The molecule has 3 fully saturated rings. The quantitative estimate of drug-likeness (QED) is 0.709. The summed E-state index contributed by atoms with van der Waals surface area (Å²) >= 11 is 0. The molecule has 2 aliphatic carbocycles. The van der Waals surface area contributed by atoms with Crippen LogP contribution in [0.3, 0.4) is 0 Å². The molecule has 1 amide bonds. The summed E-state index contributed by atoms with van der Waals surface area (Å²) in [6.45, 7) is 6.56. The minimum atomic E-state index is -4.29. The van der Waals surface area contributed by atoms with Crippen LogP contribution in [0, 0.1) is 17.8 Å². The first-order valence-corrected chi connectivity index (χ1v) is 11.8. The van der Waals surface area contributed by atoms with Crippen molar-refractivity contribution in [2.24, 2.45) is 17.8 Å². The molecule has 31 heavy (non-hydrogen) atoms. The van der Waals surface area contributed by atoms with Crippen LogP contribution in [0.5, 0.6) is 0 Å². The number of carbonyl (C=O) groups is 1. The summed E-state index contributed by atoms with van der Waals surface area (Å²) in [4.78, 5) is 17.1. The summed E-state index contributed by atoms with van der Waals surface area (Å²) in [5, 5.41) is 3.29. The zero-order valence-electron chi connectivity index (χ0n) is 18.3. The van der Waals surface area contributed by atoms with Crippen LogP contribution in [0.25, 0.3) is 0 Å². The first-order chi connectivity index (χ1) is 14.8. The van der Waals surface area contributed by atoms with Crippen molar-refractivity contribution in [2.75, 3.05) is 37.6 Å². The average molecular weight is 438 g/mol. The molecule has 2 atom stereocenters. The van der Waals surface area contributed by atoms with Crippen LogP contribution < -0.4 is 10.2 Å². The molecule has 1 aliphatic heterocycles. The molecule has 4 rings (SSSR count). The monoisotopic (exact) mass is 437 g/mol. The van der Waals surface area contributed by atoms with Crippen molar-refractivity contribution in [2.45, 2.75) is 57.7 Å². The molecule has 1 aromatic rings. The van der Waals surface area contributed by atoms with E-state index in [1.165, 1.54) is 19.3 Å². The van der Waals surface area contributed by atoms with Crippen LogP contribution in [0.4, 0.5) is 18.9 Å². The number of benzene rings is 1. The van der Waals surface area contributed by atoms with Gasteiger partial charge < -0.3 is 10.2 Å². The van der Waals surface area contributed by atoms with Gasteiger partial charge in [0.05, 0.1) is 5.56 Å². The Morgan fingerprint density at radius 3 is 2.26 bits per heavy atom. The first kappa shape index (κ1) is 22.4. The number of alkyl halides is 3. The Labute approximate surface area is 183 Å². The van der Waals surface area contributed by atoms with E-state index in [0.29, 0.717) is 12.0 Å². The van der Waals surface area contributed by atoms with Crippen LogP contribution in [-0.2, 0) is 11.0 Å². The standard InChI is InChI=1S/C24H34F3N3O/c1-2-17-3-7-20(8-4-17)28-23(31)22-15-18(22)16-29-11-13-30(14-12-29)21-9-5-19(6-10-21)24(25,26)27/h5-6,9-10,17-18,20,22H,2-4,7-8,11-16H2,1H3,(H,28,31)/t17?,18?,20?,22-/m0/s1. The maximum absolute atomic E-state index is 12.7. The van der Waals surface area contributed by atoms with Crippen molar-refractivity contribution >= 4 is 11.6 Å². The normalized spacial score (nSPS) is 29.6. The number of halogens is 3. The number of amides is 1. The second-order valence-electron chi connectivity index (χ2n) is 9.57. The smallest absolute Gasteiger partial charge is 0.369 e. The van der Waals surface area contributed by atoms with Crippen molar-refractivity contribution < 1.29 is 18.0 Å². The van der Waals surface area contributed by atoms with Crippen LogP contribution >= 0.6 is 0 Å². The highest BCUT2D eigenvalue weighted by molar-refractivity contribution is 5.81. The van der Waals surface area contributed by atoms with Gasteiger partial charge in [0.15, 0.2) is 0 Å². The van der Waals surface area contributed by atoms with Crippen molar-refractivity contribution in [3.8, 4) is 0 Å². The molecule has 4 nitrogen and oxygen atoms in total. The fraction of sp³-hybridized carbons (Fsp3) is 0.708. The Kier molecular flexibility index (Phi) is 6.80. The molecule has 1 heterocycles. The van der Waals surface area contributed by atoms with Gasteiger partial charge in [-0.05, 0) is 68.2 Å². The van der Waals surface area contributed by atoms with Crippen LogP contribution in [0.1, 0.15) is 51.0 Å². The Bertz CT molecular complexity index is 735. The van der Waals surface area contributed by atoms with Gasteiger partial charge in [0.2, 0.25) is 5.91 Å². The lowest BCUT2D eigenvalue weighted by Gasteiger charge is -2.36. The summed E-state index contributed by atoms with van der Waals surface area (Å²) < 4.78 is 38.2. The Morgan fingerprint density at radius 2 is 1.68 bits per heavy atom. The van der Waals surface area contributed by atoms with Crippen molar-refractivity contribution in [1.82, 2.24) is 10.2 Å². The number of hydrogen-bond acceptors (Lipinski definition) is 3. The second-order valence-corrected chi connectivity index (χ2v) is 9.57. The molecule has 172 valence electrons. The molecule has 2 saturated carbocycles. The maximum Gasteiger partial charge on any atom is 0.416 e. The lowest BCUT2D eigenvalue weighted by atomic mass is 9.84. The van der Waals surface area contributed by atoms with Crippen LogP contribution in [0.15, 0.2) is 24.3 Å². The van der Waals surface area contributed by atoms with E-state index < -0.39 is 11.7 Å². The molecule has 3 aliphatic rings. The molecule has 1 N–H and O–H groups in total. The predicted octanol–water partition coefficient (Wildman–Crippen LogP) is 4.55. The Balaban J connectivity index is 1.17. The van der Waals surface area contributed by atoms with Gasteiger partial charge in [0, 0.05) is 50.4 Å². The van der Waals surface area contributed by atoms with Gasteiger partial charge in [-0.2, -0.15) is 13.2 Å². The second kappa shape index (κ2) is 9.39. The molecular formula is C24H34F3N3O. The van der Waals surface area contributed by atoms with E-state index in [2.05, 4.69) is 22.0 Å². The van der Waals surface area contributed by atoms with Crippen molar-refractivity contribution in [3.63, 3.8) is 0 Å². The minimum absolute atomic E-state index is 0.164. The number of carbonyl (C=O) groups excluding carboxylic acids is 1. The minimum Gasteiger partial charge on any atom is -0.369 e. The predicted molar refractivity (Wildman–Crippen MR) is 116 cm³/mol. The third kappa shape index (κ3) is 5.73. The summed E-state index contributed by atoms with van der Waals surface area (Å²) in [6, 6.07) is 5.80. The molecule has 1 aromatic carbocycles. The molecule has 1 saturated heterocycles. The Hall–Kier alpha value is -1.76. The van der Waals surface area contributed by atoms with E-state index in [9.17, 15) is 18.0 Å². The number of rotatable bonds is 6. The topological polar surface area (TPSA) is 35.6 Å². The summed E-state index contributed by atoms with van der Waals surface area (Å²) in [5.41, 5.74) is 0.237. The lowest BCUT2D eigenvalue weighted by molar-refractivity contribution is -0.137. The maximum atomic E-state index is 12.7. The number of anilines is 1. The molecule has 0 radical (unpaired) electrons. The molecule has 1 unspecified atom stereocenters. The van der Waals surface area contributed by atoms with Crippen LogP contribution in [-0.4, -0.2) is 49.6 Å². The zero-order valence-corrected chi connectivity index (χ0v) is 18.3. The van der Waals surface area contributed by atoms with Gasteiger partial charge in [0.25, 0.3) is 0 Å². The third-order valence-electron chi connectivity index (χ3n) is 7.45. The summed E-state index contributed by atoms with van der Waals surface area (Å²) in [6.07, 6.45) is 2.64. The SMILES string of the molecule is CCC1CCC(NC(=O)[C@H]2CC2CN2CCN(c3ccc(C(F)(F)F)cc3)CC2)CC1. The lowest BCUT2D eigenvalue weighted by Crippen LogP contribution is -2.47. The van der Waals surface area contributed by atoms with Gasteiger partial charge in [-0.1, -0.05) is 13.3 Å². The van der Waals surface area contributed by atoms with Gasteiger partial charge in [-0.25, -0.2) is 0 Å². The fourth-order valence-corrected chi connectivity index (χ4v) is 5.18. The molecule has 7 heteroatoms. The number of hydrogen-bond donors (Lipinski definition) is 1. The summed E-state index contributed by atoms with van der Waals surface area (Å²) in [7, 11) is 0. The van der Waals surface area contributed by atoms with Crippen LogP contribution in [0.2, 0.25) is 0 Å². The highest BCUT2D eigenvalue weighted by Gasteiger charge is 2.44. The third-order valence-corrected chi connectivity index (χ3v) is 7.45. The fourth-order valence-electron chi connectivity index (χ4n) is 5.18. The Morgan fingerprint density at radius 1 is 1.03 bits per heavy atom. The molecular weight excluding hydrogens is 403 g/mol. The molecule has 0 aromatic heterocycles. The van der Waals surface area contributed by atoms with Gasteiger partial charge >= 0.3 is 6.18 Å². The van der Waals surface area contributed by atoms with Crippen molar-refractivity contribution in [1.29, 1.82) is 0 Å². The average Bonchev–Trinajstić information content (AvgIpc) is 3.54. The van der Waals surface area contributed by atoms with E-state index >= 15 is 0 Å². The number of nitrogens with one attached hydrogen (secondary N) is 1. The van der Waals surface area contributed by atoms with Gasteiger partial charge in [0.1, 0.15) is 0 Å². The first-order valence-electron chi connectivity index (χ1n) is 11.8. The van der Waals surface area contributed by atoms with Gasteiger partial charge in [-0.3, -0.25) is 9.69 Å². The van der Waals surface area contributed by atoms with E-state index in [1.54, 1.807) is 12.1 Å². The van der Waals surface area contributed by atoms with E-state index in [4.69, 9.17) is 0 Å². The highest BCUT2D eigenvalue weighted by Crippen LogP contribution is 2.40. The van der Waals surface area contributed by atoms with E-state index in [1.807, 2.05) is 0 Å². The largest absolute Gasteiger partial charge is 0.416 e. The number of piperazine rings is 1. The molecule has 0 spiro atoms. The van der Waals surface area contributed by atoms with Crippen molar-refractivity contribution in [3.05, 3.63) is 29.8 Å².